The molecular weight excluding hydrogens is 288 g/mol. The van der Waals surface area contributed by atoms with Crippen molar-refractivity contribution in [3.8, 4) is 0 Å². The largest absolute Gasteiger partial charge is 0.382 e. The van der Waals surface area contributed by atoms with Crippen LogP contribution in [0.4, 0.5) is 17.5 Å². The van der Waals surface area contributed by atoms with Crippen molar-refractivity contribution in [1.29, 1.82) is 0 Å². The van der Waals surface area contributed by atoms with Crippen LogP contribution in [-0.2, 0) is 0 Å². The number of hydrogen-bond donors (Lipinski definition) is 2. The van der Waals surface area contributed by atoms with E-state index in [9.17, 15) is 0 Å². The highest BCUT2D eigenvalue weighted by Gasteiger charge is 2.25. The minimum absolute atomic E-state index is 0.330. The Labute approximate surface area is 128 Å². The van der Waals surface area contributed by atoms with E-state index in [0.29, 0.717) is 16.8 Å². The van der Waals surface area contributed by atoms with Crippen LogP contribution >= 0.6 is 11.6 Å². The molecule has 1 aliphatic heterocycles. The molecule has 110 valence electrons. The molecule has 0 bridgehead atoms. The maximum Gasteiger partial charge on any atom is 0.153 e. The van der Waals surface area contributed by atoms with E-state index in [4.69, 9.17) is 17.3 Å². The van der Waals surface area contributed by atoms with Crippen LogP contribution in [0.3, 0.4) is 0 Å². The molecule has 3 N–H and O–H groups in total. The maximum atomic E-state index is 6.18. The van der Waals surface area contributed by atoms with Gasteiger partial charge in [-0.15, -0.1) is 0 Å². The van der Waals surface area contributed by atoms with E-state index in [1.54, 1.807) is 6.20 Å². The van der Waals surface area contributed by atoms with Gasteiger partial charge in [0.25, 0.3) is 0 Å². The van der Waals surface area contributed by atoms with Crippen LogP contribution in [0, 0.1) is 5.92 Å². The topological polar surface area (TPSA) is 80.0 Å². The summed E-state index contributed by atoms with van der Waals surface area (Å²) < 4.78 is 0. The number of aromatic nitrogens is 3. The van der Waals surface area contributed by atoms with Crippen molar-refractivity contribution in [3.05, 3.63) is 35.7 Å². The molecule has 2 aromatic rings. The van der Waals surface area contributed by atoms with Crippen LogP contribution in [0.25, 0.3) is 0 Å². The third kappa shape index (κ3) is 3.16. The molecule has 2 aromatic heterocycles. The monoisotopic (exact) mass is 304 g/mol. The SMILES string of the molecule is Nc1ncnc(N2CC[C@@H](CNc3ccccn3)C2)c1Cl. The zero-order chi connectivity index (χ0) is 14.7. The number of halogens is 1. The molecule has 0 unspecified atom stereocenters. The maximum absolute atomic E-state index is 6.18. The minimum atomic E-state index is 0.330. The average Bonchev–Trinajstić information content (AvgIpc) is 2.98. The Hall–Kier alpha value is -2.08. The van der Waals surface area contributed by atoms with E-state index < -0.39 is 0 Å². The first-order valence-corrected chi connectivity index (χ1v) is 7.27. The van der Waals surface area contributed by atoms with Gasteiger partial charge in [-0.1, -0.05) is 17.7 Å². The molecule has 0 amide bonds. The van der Waals surface area contributed by atoms with Crippen LogP contribution in [0.2, 0.25) is 5.02 Å². The molecule has 1 atom stereocenters. The van der Waals surface area contributed by atoms with Gasteiger partial charge in [0.05, 0.1) is 0 Å². The molecule has 1 saturated heterocycles. The van der Waals surface area contributed by atoms with E-state index in [2.05, 4.69) is 25.2 Å². The standard InChI is InChI=1S/C14H17ClN6/c15-12-13(16)19-9-20-14(12)21-6-4-10(8-21)7-18-11-3-1-2-5-17-11/h1-3,5,9-10H,4,6-8H2,(H,17,18)(H2,16,19,20)/t10-/m0/s1. The number of nitrogens with zero attached hydrogens (tertiary/aromatic N) is 4. The molecular formula is C14H17ClN6. The van der Waals surface area contributed by atoms with Gasteiger partial charge in [-0.2, -0.15) is 0 Å². The molecule has 0 saturated carbocycles. The van der Waals surface area contributed by atoms with Crippen molar-refractivity contribution >= 4 is 29.1 Å². The van der Waals surface area contributed by atoms with Crippen LogP contribution in [-0.4, -0.2) is 34.6 Å². The summed E-state index contributed by atoms with van der Waals surface area (Å²) >= 11 is 6.18. The van der Waals surface area contributed by atoms with Gasteiger partial charge < -0.3 is 16.0 Å². The number of hydrogen-bond acceptors (Lipinski definition) is 6. The molecule has 0 aromatic carbocycles. The van der Waals surface area contributed by atoms with Crippen molar-refractivity contribution in [2.24, 2.45) is 5.92 Å². The molecule has 6 nitrogen and oxygen atoms in total. The van der Waals surface area contributed by atoms with Crippen molar-refractivity contribution in [2.75, 3.05) is 35.6 Å². The number of nitrogen functional groups attached to an aromatic ring is 1. The summed E-state index contributed by atoms with van der Waals surface area (Å²) in [7, 11) is 0. The highest BCUT2D eigenvalue weighted by Crippen LogP contribution is 2.30. The van der Waals surface area contributed by atoms with E-state index >= 15 is 0 Å². The first-order valence-electron chi connectivity index (χ1n) is 6.90. The summed E-state index contributed by atoms with van der Waals surface area (Å²) in [5.41, 5.74) is 5.73. The lowest BCUT2D eigenvalue weighted by Crippen LogP contribution is -2.24. The van der Waals surface area contributed by atoms with Gasteiger partial charge in [0.15, 0.2) is 5.82 Å². The van der Waals surface area contributed by atoms with E-state index in [1.807, 2.05) is 18.2 Å². The Morgan fingerprint density at radius 2 is 2.24 bits per heavy atom. The summed E-state index contributed by atoms with van der Waals surface area (Å²) in [6, 6.07) is 5.85. The summed E-state index contributed by atoms with van der Waals surface area (Å²) in [4.78, 5) is 14.6. The van der Waals surface area contributed by atoms with Gasteiger partial charge >= 0.3 is 0 Å². The van der Waals surface area contributed by atoms with Crippen molar-refractivity contribution in [3.63, 3.8) is 0 Å². The van der Waals surface area contributed by atoms with Crippen LogP contribution in [0.15, 0.2) is 30.7 Å². The van der Waals surface area contributed by atoms with E-state index in [1.165, 1.54) is 6.33 Å². The number of nitrogens with one attached hydrogen (secondary N) is 1. The second-order valence-corrected chi connectivity index (χ2v) is 5.47. The summed E-state index contributed by atoms with van der Waals surface area (Å²) in [6.45, 7) is 2.70. The fraction of sp³-hybridized carbons (Fsp3) is 0.357. The molecule has 0 spiro atoms. The molecule has 21 heavy (non-hydrogen) atoms. The van der Waals surface area contributed by atoms with Gasteiger partial charge in [0, 0.05) is 25.8 Å². The Bertz CT molecular complexity index is 606. The number of nitrogens with two attached hydrogens (primary N) is 1. The average molecular weight is 305 g/mol. The van der Waals surface area contributed by atoms with Gasteiger partial charge in [0.1, 0.15) is 23.0 Å². The van der Waals surface area contributed by atoms with E-state index in [0.717, 1.165) is 37.7 Å². The fourth-order valence-corrected chi connectivity index (χ4v) is 2.72. The predicted octanol–water partition coefficient (Wildman–Crippen LogP) is 2.05. The highest BCUT2D eigenvalue weighted by atomic mass is 35.5. The summed E-state index contributed by atoms with van der Waals surface area (Å²) in [5.74, 6) is 2.49. The fourth-order valence-electron chi connectivity index (χ4n) is 2.50. The van der Waals surface area contributed by atoms with Gasteiger partial charge in [-0.3, -0.25) is 0 Å². The lowest BCUT2D eigenvalue weighted by Gasteiger charge is -2.19. The van der Waals surface area contributed by atoms with Gasteiger partial charge in [-0.05, 0) is 24.5 Å². The molecule has 1 aliphatic rings. The van der Waals surface area contributed by atoms with Crippen LogP contribution in [0.1, 0.15) is 6.42 Å². The van der Waals surface area contributed by atoms with Gasteiger partial charge in [0.2, 0.25) is 0 Å². The third-order valence-corrected chi connectivity index (χ3v) is 3.98. The van der Waals surface area contributed by atoms with Crippen LogP contribution < -0.4 is 16.0 Å². The van der Waals surface area contributed by atoms with Crippen molar-refractivity contribution < 1.29 is 0 Å². The Balaban J connectivity index is 1.59. The highest BCUT2D eigenvalue weighted by molar-refractivity contribution is 6.35. The third-order valence-electron chi connectivity index (χ3n) is 3.62. The number of pyridine rings is 1. The molecule has 3 rings (SSSR count). The normalized spacial score (nSPS) is 18.0. The summed E-state index contributed by atoms with van der Waals surface area (Å²) in [5, 5.41) is 3.80. The number of anilines is 3. The molecule has 0 aliphatic carbocycles. The molecule has 0 radical (unpaired) electrons. The van der Waals surface area contributed by atoms with Crippen molar-refractivity contribution in [1.82, 2.24) is 15.0 Å². The zero-order valence-corrected chi connectivity index (χ0v) is 12.3. The van der Waals surface area contributed by atoms with Gasteiger partial charge in [-0.25, -0.2) is 15.0 Å². The molecule has 1 fully saturated rings. The first kappa shape index (κ1) is 13.9. The summed E-state index contributed by atoms with van der Waals surface area (Å²) in [6.07, 6.45) is 4.32. The van der Waals surface area contributed by atoms with Crippen LogP contribution in [0.5, 0.6) is 0 Å². The lowest BCUT2D eigenvalue weighted by molar-refractivity contribution is 0.621. The smallest absolute Gasteiger partial charge is 0.153 e. The lowest BCUT2D eigenvalue weighted by atomic mass is 10.1. The predicted molar refractivity (Wildman–Crippen MR) is 84.5 cm³/mol. The molecule has 3 heterocycles. The molecule has 7 heteroatoms. The minimum Gasteiger partial charge on any atom is -0.382 e. The number of rotatable bonds is 4. The van der Waals surface area contributed by atoms with Crippen molar-refractivity contribution in [2.45, 2.75) is 6.42 Å². The Kier molecular flexibility index (Phi) is 4.06. The van der Waals surface area contributed by atoms with E-state index in [-0.39, 0.29) is 0 Å². The first-order chi connectivity index (χ1) is 10.2. The quantitative estimate of drug-likeness (QED) is 0.900. The second-order valence-electron chi connectivity index (χ2n) is 5.09. The Morgan fingerprint density at radius 1 is 1.33 bits per heavy atom. The second kappa shape index (κ2) is 6.13. The Morgan fingerprint density at radius 3 is 3.05 bits per heavy atom. The zero-order valence-electron chi connectivity index (χ0n) is 11.5.